The van der Waals surface area contributed by atoms with Crippen LogP contribution in [0.2, 0.25) is 0 Å². The Hall–Kier alpha value is -2.02. The van der Waals surface area contributed by atoms with Gasteiger partial charge in [-0.1, -0.05) is 12.1 Å². The van der Waals surface area contributed by atoms with Crippen LogP contribution >= 0.6 is 0 Å². The van der Waals surface area contributed by atoms with Gasteiger partial charge in [0, 0.05) is 12.0 Å². The van der Waals surface area contributed by atoms with Crippen LogP contribution in [0.5, 0.6) is 0 Å². The summed E-state index contributed by atoms with van der Waals surface area (Å²) in [6.07, 6.45) is 2.79. The topological polar surface area (TPSA) is 93.8 Å². The molecule has 2 aliphatic rings. The van der Waals surface area contributed by atoms with Gasteiger partial charge in [-0.15, -0.1) is 4.40 Å². The summed E-state index contributed by atoms with van der Waals surface area (Å²) in [5, 5.41) is 0. The Morgan fingerprint density at radius 2 is 2.22 bits per heavy atom. The third-order valence-corrected chi connectivity index (χ3v) is 3.66. The zero-order valence-corrected chi connectivity index (χ0v) is 10.2. The lowest BCUT2D eigenvalue weighted by Crippen LogP contribution is -2.27. The standard InChI is InChI=1S/C11H11N3O3S/c12-11-10-7(9-5-2-6-17-9)3-1-4-8(10)13-18(15,16)14-11/h1,3-5,13H,2,6H2,(H2,12,14). The lowest BCUT2D eigenvalue weighted by molar-refractivity contribution is 0.307. The number of nitrogens with two attached hydrogens (primary N) is 1. The molecule has 7 heteroatoms. The van der Waals surface area contributed by atoms with Crippen molar-refractivity contribution in [1.29, 1.82) is 0 Å². The molecule has 0 atom stereocenters. The van der Waals surface area contributed by atoms with Crippen molar-refractivity contribution in [1.82, 2.24) is 0 Å². The molecule has 1 aromatic rings. The van der Waals surface area contributed by atoms with E-state index in [1.807, 2.05) is 12.1 Å². The summed E-state index contributed by atoms with van der Waals surface area (Å²) in [7, 11) is -3.73. The normalized spacial score (nSPS) is 20.2. The largest absolute Gasteiger partial charge is 0.493 e. The molecule has 18 heavy (non-hydrogen) atoms. The van der Waals surface area contributed by atoms with Crippen LogP contribution in [0.15, 0.2) is 28.7 Å². The van der Waals surface area contributed by atoms with E-state index < -0.39 is 10.2 Å². The van der Waals surface area contributed by atoms with Crippen LogP contribution in [-0.4, -0.2) is 20.9 Å². The highest BCUT2D eigenvalue weighted by Crippen LogP contribution is 2.32. The highest BCUT2D eigenvalue weighted by atomic mass is 32.2. The summed E-state index contributed by atoms with van der Waals surface area (Å²) in [6, 6.07) is 5.23. The number of nitrogens with zero attached hydrogens (tertiary/aromatic N) is 1. The minimum atomic E-state index is -3.73. The molecule has 2 aliphatic heterocycles. The highest BCUT2D eigenvalue weighted by Gasteiger charge is 2.25. The van der Waals surface area contributed by atoms with E-state index >= 15 is 0 Å². The van der Waals surface area contributed by atoms with Crippen molar-refractivity contribution < 1.29 is 13.2 Å². The summed E-state index contributed by atoms with van der Waals surface area (Å²) in [6.45, 7) is 0.627. The van der Waals surface area contributed by atoms with Crippen molar-refractivity contribution in [3.8, 4) is 0 Å². The third-order valence-electron chi connectivity index (χ3n) is 2.75. The van der Waals surface area contributed by atoms with E-state index in [0.29, 0.717) is 23.6 Å². The van der Waals surface area contributed by atoms with Gasteiger partial charge in [-0.05, 0) is 12.1 Å². The molecule has 0 unspecified atom stereocenters. The van der Waals surface area contributed by atoms with Gasteiger partial charge in [0.2, 0.25) is 0 Å². The zero-order valence-electron chi connectivity index (χ0n) is 9.38. The lowest BCUT2D eigenvalue weighted by atomic mass is 10.0. The Balaban J connectivity index is 2.21. The molecule has 0 aliphatic carbocycles. The first-order valence-electron chi connectivity index (χ1n) is 5.42. The first-order chi connectivity index (χ1) is 8.57. The van der Waals surface area contributed by atoms with Gasteiger partial charge in [-0.25, -0.2) is 0 Å². The van der Waals surface area contributed by atoms with Crippen molar-refractivity contribution >= 4 is 27.5 Å². The maximum atomic E-state index is 11.4. The number of fused-ring (bicyclic) bond motifs is 1. The molecule has 1 aromatic carbocycles. The molecular weight excluding hydrogens is 254 g/mol. The van der Waals surface area contributed by atoms with Crippen molar-refractivity contribution in [2.45, 2.75) is 6.42 Å². The number of benzene rings is 1. The second kappa shape index (κ2) is 3.74. The van der Waals surface area contributed by atoms with Gasteiger partial charge in [0.25, 0.3) is 0 Å². The third kappa shape index (κ3) is 1.72. The monoisotopic (exact) mass is 265 g/mol. The molecule has 94 valence electrons. The highest BCUT2D eigenvalue weighted by molar-refractivity contribution is 7.91. The predicted molar refractivity (Wildman–Crippen MR) is 68.3 cm³/mol. The Morgan fingerprint density at radius 3 is 2.94 bits per heavy atom. The fourth-order valence-electron chi connectivity index (χ4n) is 2.06. The van der Waals surface area contributed by atoms with E-state index in [4.69, 9.17) is 10.5 Å². The van der Waals surface area contributed by atoms with Gasteiger partial charge in [0.1, 0.15) is 11.6 Å². The number of rotatable bonds is 1. The molecule has 0 amide bonds. The summed E-state index contributed by atoms with van der Waals surface area (Å²) in [4.78, 5) is 0. The first-order valence-corrected chi connectivity index (χ1v) is 6.86. The second-order valence-corrected chi connectivity index (χ2v) is 5.32. The van der Waals surface area contributed by atoms with E-state index in [2.05, 4.69) is 9.12 Å². The van der Waals surface area contributed by atoms with Gasteiger partial charge in [0.05, 0.1) is 17.9 Å². The summed E-state index contributed by atoms with van der Waals surface area (Å²) < 4.78 is 34.2. The molecule has 0 spiro atoms. The van der Waals surface area contributed by atoms with Crippen LogP contribution in [0, 0.1) is 0 Å². The van der Waals surface area contributed by atoms with E-state index in [0.717, 1.165) is 12.0 Å². The smallest absolute Gasteiger partial charge is 0.344 e. The van der Waals surface area contributed by atoms with Crippen molar-refractivity contribution in [3.63, 3.8) is 0 Å². The summed E-state index contributed by atoms with van der Waals surface area (Å²) in [5.41, 5.74) is 7.49. The fourth-order valence-corrected chi connectivity index (χ4v) is 2.90. The van der Waals surface area contributed by atoms with E-state index in [1.54, 1.807) is 12.1 Å². The second-order valence-electron chi connectivity index (χ2n) is 3.99. The van der Waals surface area contributed by atoms with Crippen LogP contribution in [-0.2, 0) is 14.9 Å². The molecular formula is C11H11N3O3S. The van der Waals surface area contributed by atoms with Crippen LogP contribution in [0.25, 0.3) is 5.76 Å². The number of hydrogen-bond acceptors (Lipinski definition) is 4. The minimum Gasteiger partial charge on any atom is -0.493 e. The molecule has 0 bridgehead atoms. The number of amidine groups is 1. The molecule has 0 aromatic heterocycles. The Morgan fingerprint density at radius 1 is 1.39 bits per heavy atom. The van der Waals surface area contributed by atoms with E-state index in [-0.39, 0.29) is 5.84 Å². The average molecular weight is 265 g/mol. The zero-order chi connectivity index (χ0) is 12.8. The number of hydrogen-bond donors (Lipinski definition) is 2. The molecule has 3 N–H and O–H groups in total. The Bertz CT molecular complexity index is 677. The van der Waals surface area contributed by atoms with Crippen LogP contribution in [0.3, 0.4) is 0 Å². The van der Waals surface area contributed by atoms with Crippen LogP contribution in [0.4, 0.5) is 5.69 Å². The van der Waals surface area contributed by atoms with Gasteiger partial charge in [-0.2, -0.15) is 8.42 Å². The average Bonchev–Trinajstić information content (AvgIpc) is 2.79. The molecule has 2 heterocycles. The van der Waals surface area contributed by atoms with Gasteiger partial charge in [-0.3, -0.25) is 4.72 Å². The quantitative estimate of drug-likeness (QED) is 0.786. The predicted octanol–water partition coefficient (Wildman–Crippen LogP) is 0.823. The van der Waals surface area contributed by atoms with Crippen LogP contribution in [0.1, 0.15) is 17.5 Å². The van der Waals surface area contributed by atoms with Gasteiger partial charge >= 0.3 is 10.2 Å². The lowest BCUT2D eigenvalue weighted by Gasteiger charge is -2.19. The number of anilines is 1. The molecule has 0 radical (unpaired) electrons. The van der Waals surface area contributed by atoms with E-state index in [1.165, 1.54) is 0 Å². The Kier molecular flexibility index (Phi) is 2.30. The maximum absolute atomic E-state index is 11.4. The van der Waals surface area contributed by atoms with Gasteiger partial charge < -0.3 is 10.5 Å². The van der Waals surface area contributed by atoms with Crippen molar-refractivity contribution in [3.05, 3.63) is 35.4 Å². The van der Waals surface area contributed by atoms with Crippen molar-refractivity contribution in [2.75, 3.05) is 11.3 Å². The fraction of sp³-hybridized carbons (Fsp3) is 0.182. The maximum Gasteiger partial charge on any atom is 0.344 e. The molecule has 0 saturated heterocycles. The van der Waals surface area contributed by atoms with Crippen molar-refractivity contribution in [2.24, 2.45) is 10.1 Å². The van der Waals surface area contributed by atoms with E-state index in [9.17, 15) is 8.42 Å². The minimum absolute atomic E-state index is 0.0178. The molecule has 3 rings (SSSR count). The first kappa shape index (κ1) is 11.1. The number of ether oxygens (including phenoxy) is 1. The van der Waals surface area contributed by atoms with Crippen LogP contribution < -0.4 is 10.5 Å². The van der Waals surface area contributed by atoms with Gasteiger partial charge in [0.15, 0.2) is 0 Å². The summed E-state index contributed by atoms with van der Waals surface area (Å²) in [5.74, 6) is 0.696. The number of nitrogens with one attached hydrogen (secondary N) is 1. The molecule has 0 saturated carbocycles. The molecule has 0 fully saturated rings. The SMILES string of the molecule is NC1=NS(=O)(=O)Nc2cccc(C3=CCCO3)c21. The molecule has 6 nitrogen and oxygen atoms in total. The Labute approximate surface area is 104 Å². The summed E-state index contributed by atoms with van der Waals surface area (Å²) >= 11 is 0.